The van der Waals surface area contributed by atoms with E-state index in [9.17, 15) is 13.2 Å². The molecule has 24 heavy (non-hydrogen) atoms. The first kappa shape index (κ1) is 17.0. The molecule has 0 spiro atoms. The molecule has 1 aromatic heterocycles. The van der Waals surface area contributed by atoms with Gasteiger partial charge in [-0.1, -0.05) is 24.3 Å². The zero-order valence-corrected chi connectivity index (χ0v) is 13.4. The summed E-state index contributed by atoms with van der Waals surface area (Å²) in [6.07, 6.45) is 1.90. The Hall–Kier alpha value is -1.82. The van der Waals surface area contributed by atoms with E-state index < -0.39 is 12.6 Å². The van der Waals surface area contributed by atoms with Crippen molar-refractivity contribution in [3.8, 4) is 11.4 Å². The van der Waals surface area contributed by atoms with Gasteiger partial charge in [0.25, 0.3) is 0 Å². The first-order valence-electron chi connectivity index (χ1n) is 8.26. The zero-order valence-electron chi connectivity index (χ0n) is 13.4. The van der Waals surface area contributed by atoms with Gasteiger partial charge in [0, 0.05) is 37.7 Å². The molecule has 3 rings (SSSR count). The molecule has 0 aliphatic carbocycles. The summed E-state index contributed by atoms with van der Waals surface area (Å²) in [7, 11) is 0. The molecule has 1 aromatic carbocycles. The van der Waals surface area contributed by atoms with E-state index in [1.807, 2.05) is 6.20 Å². The highest BCUT2D eigenvalue weighted by molar-refractivity contribution is 5.56. The molecule has 0 amide bonds. The number of aromatic nitrogens is 2. The van der Waals surface area contributed by atoms with Gasteiger partial charge in [-0.15, -0.1) is 0 Å². The monoisotopic (exact) mass is 338 g/mol. The summed E-state index contributed by atoms with van der Waals surface area (Å²) >= 11 is 0. The molecule has 2 aromatic rings. The van der Waals surface area contributed by atoms with E-state index in [1.165, 1.54) is 18.6 Å². The van der Waals surface area contributed by atoms with E-state index >= 15 is 0 Å². The van der Waals surface area contributed by atoms with Gasteiger partial charge in [0.05, 0.1) is 6.42 Å². The minimum Gasteiger partial charge on any atom is -0.381 e. The van der Waals surface area contributed by atoms with Gasteiger partial charge < -0.3 is 9.30 Å². The normalized spacial score (nSPS) is 18.7. The number of imidazole rings is 1. The van der Waals surface area contributed by atoms with Crippen LogP contribution < -0.4 is 0 Å². The van der Waals surface area contributed by atoms with Gasteiger partial charge >= 0.3 is 6.18 Å². The van der Waals surface area contributed by atoms with E-state index in [1.54, 1.807) is 18.3 Å². The third-order valence-electron chi connectivity index (χ3n) is 4.37. The Morgan fingerprint density at radius 2 is 2.00 bits per heavy atom. The van der Waals surface area contributed by atoms with Crippen LogP contribution in [0.15, 0.2) is 36.7 Å². The Kier molecular flexibility index (Phi) is 5.23. The van der Waals surface area contributed by atoms with Crippen LogP contribution in [0.4, 0.5) is 13.2 Å². The summed E-state index contributed by atoms with van der Waals surface area (Å²) in [5, 5.41) is 0. The standard InChI is InChI=1S/C18H21F3N2O/c19-18(20,21)12-14-3-5-16(6-4-14)17-22-8-10-23(17)9-7-15-2-1-11-24-13-15/h3-6,8,10,15H,1-2,7,9,11-13H2. The topological polar surface area (TPSA) is 27.1 Å². The Morgan fingerprint density at radius 3 is 2.67 bits per heavy atom. The molecule has 1 unspecified atom stereocenters. The lowest BCUT2D eigenvalue weighted by molar-refractivity contribution is -0.127. The average Bonchev–Trinajstić information content (AvgIpc) is 3.02. The third kappa shape index (κ3) is 4.60. The molecule has 2 heterocycles. The number of hydrogen-bond acceptors (Lipinski definition) is 2. The minimum atomic E-state index is -4.18. The number of ether oxygens (including phenoxy) is 1. The fourth-order valence-corrected chi connectivity index (χ4v) is 3.11. The summed E-state index contributed by atoms with van der Waals surface area (Å²) in [6.45, 7) is 2.51. The van der Waals surface area contributed by atoms with Crippen LogP contribution >= 0.6 is 0 Å². The van der Waals surface area contributed by atoms with Crippen molar-refractivity contribution in [1.82, 2.24) is 9.55 Å². The van der Waals surface area contributed by atoms with Gasteiger partial charge in [0.15, 0.2) is 0 Å². The van der Waals surface area contributed by atoms with Crippen molar-refractivity contribution in [3.05, 3.63) is 42.2 Å². The minimum absolute atomic E-state index is 0.267. The number of benzene rings is 1. The molecule has 1 atom stereocenters. The maximum Gasteiger partial charge on any atom is 0.393 e. The first-order chi connectivity index (χ1) is 11.5. The number of rotatable bonds is 5. The van der Waals surface area contributed by atoms with Crippen molar-refractivity contribution in [3.63, 3.8) is 0 Å². The highest BCUT2D eigenvalue weighted by atomic mass is 19.4. The van der Waals surface area contributed by atoms with Gasteiger partial charge in [-0.25, -0.2) is 4.98 Å². The molecule has 6 heteroatoms. The van der Waals surface area contributed by atoms with E-state index in [2.05, 4.69) is 9.55 Å². The number of aryl methyl sites for hydroxylation is 1. The molecule has 0 saturated carbocycles. The van der Waals surface area contributed by atoms with Crippen LogP contribution in [0.2, 0.25) is 0 Å². The molecular formula is C18H21F3N2O. The van der Waals surface area contributed by atoms with Gasteiger partial charge in [-0.3, -0.25) is 0 Å². The van der Waals surface area contributed by atoms with E-state index in [0.29, 0.717) is 5.92 Å². The lowest BCUT2D eigenvalue weighted by Gasteiger charge is -2.22. The Balaban J connectivity index is 1.65. The van der Waals surface area contributed by atoms with Crippen molar-refractivity contribution >= 4 is 0 Å². The quantitative estimate of drug-likeness (QED) is 0.804. The maximum atomic E-state index is 12.4. The number of hydrogen-bond donors (Lipinski definition) is 0. The van der Waals surface area contributed by atoms with E-state index in [0.717, 1.165) is 44.0 Å². The zero-order chi connectivity index (χ0) is 17.0. The van der Waals surface area contributed by atoms with Crippen LogP contribution in [0, 0.1) is 5.92 Å². The summed E-state index contributed by atoms with van der Waals surface area (Å²) < 4.78 is 44.9. The van der Waals surface area contributed by atoms with Crippen molar-refractivity contribution in [2.75, 3.05) is 13.2 Å². The Bertz CT molecular complexity index is 643. The Morgan fingerprint density at radius 1 is 1.21 bits per heavy atom. The summed E-state index contributed by atoms with van der Waals surface area (Å²) in [5.41, 5.74) is 1.11. The van der Waals surface area contributed by atoms with Crippen molar-refractivity contribution in [1.29, 1.82) is 0 Å². The van der Waals surface area contributed by atoms with Gasteiger partial charge in [-0.2, -0.15) is 13.2 Å². The summed E-state index contributed by atoms with van der Waals surface area (Å²) in [6, 6.07) is 6.47. The fourth-order valence-electron chi connectivity index (χ4n) is 3.11. The van der Waals surface area contributed by atoms with E-state index in [-0.39, 0.29) is 5.56 Å². The number of nitrogens with zero attached hydrogens (tertiary/aromatic N) is 2. The molecule has 1 fully saturated rings. The van der Waals surface area contributed by atoms with Gasteiger partial charge in [-0.05, 0) is 30.7 Å². The number of halogens is 3. The maximum absolute atomic E-state index is 12.4. The second-order valence-corrected chi connectivity index (χ2v) is 6.30. The van der Waals surface area contributed by atoms with Crippen LogP contribution in [0.3, 0.4) is 0 Å². The molecule has 1 saturated heterocycles. The van der Waals surface area contributed by atoms with Crippen LogP contribution in [0.1, 0.15) is 24.8 Å². The predicted octanol–water partition coefficient (Wildman–Crippen LogP) is 4.47. The highest BCUT2D eigenvalue weighted by Gasteiger charge is 2.27. The van der Waals surface area contributed by atoms with Crippen LogP contribution in [-0.4, -0.2) is 28.9 Å². The molecule has 0 radical (unpaired) electrons. The third-order valence-corrected chi connectivity index (χ3v) is 4.37. The lowest BCUT2D eigenvalue weighted by atomic mass is 9.98. The van der Waals surface area contributed by atoms with Crippen LogP contribution in [0.5, 0.6) is 0 Å². The van der Waals surface area contributed by atoms with Gasteiger partial charge in [0.2, 0.25) is 0 Å². The van der Waals surface area contributed by atoms with Crippen LogP contribution in [-0.2, 0) is 17.7 Å². The highest BCUT2D eigenvalue weighted by Crippen LogP contribution is 2.25. The fraction of sp³-hybridized carbons (Fsp3) is 0.500. The number of alkyl halides is 3. The van der Waals surface area contributed by atoms with Gasteiger partial charge in [0.1, 0.15) is 5.82 Å². The molecule has 130 valence electrons. The molecule has 1 aliphatic rings. The van der Waals surface area contributed by atoms with Crippen molar-refractivity contribution in [2.45, 2.75) is 38.4 Å². The summed E-state index contributed by atoms with van der Waals surface area (Å²) in [4.78, 5) is 4.36. The Labute approximate surface area is 139 Å². The molecular weight excluding hydrogens is 317 g/mol. The predicted molar refractivity (Wildman–Crippen MR) is 85.6 cm³/mol. The largest absolute Gasteiger partial charge is 0.393 e. The first-order valence-corrected chi connectivity index (χ1v) is 8.26. The summed E-state index contributed by atoms with van der Waals surface area (Å²) in [5.74, 6) is 1.37. The molecule has 0 bridgehead atoms. The smallest absolute Gasteiger partial charge is 0.381 e. The van der Waals surface area contributed by atoms with Crippen molar-refractivity contribution in [2.24, 2.45) is 5.92 Å². The second-order valence-electron chi connectivity index (χ2n) is 6.30. The average molecular weight is 338 g/mol. The second kappa shape index (κ2) is 7.38. The van der Waals surface area contributed by atoms with Crippen LogP contribution in [0.25, 0.3) is 11.4 Å². The lowest BCUT2D eigenvalue weighted by Crippen LogP contribution is -2.19. The van der Waals surface area contributed by atoms with E-state index in [4.69, 9.17) is 4.74 Å². The van der Waals surface area contributed by atoms with Crippen molar-refractivity contribution < 1.29 is 17.9 Å². The molecule has 1 aliphatic heterocycles. The SMILES string of the molecule is FC(F)(F)Cc1ccc(-c2nccn2CCC2CCCOC2)cc1. The molecule has 0 N–H and O–H groups in total. The molecule has 3 nitrogen and oxygen atoms in total.